The fourth-order valence-corrected chi connectivity index (χ4v) is 4.71. The van der Waals surface area contributed by atoms with E-state index >= 15 is 0 Å². The molecule has 0 aliphatic carbocycles. The number of carbonyl (C=O) groups is 1. The van der Waals surface area contributed by atoms with Gasteiger partial charge in [0.05, 0.1) is 11.8 Å². The summed E-state index contributed by atoms with van der Waals surface area (Å²) in [5.74, 6) is 0.0491. The number of fused-ring (bicyclic) bond motifs is 1. The van der Waals surface area contributed by atoms with Gasteiger partial charge in [0.2, 0.25) is 5.91 Å². The molecule has 0 N–H and O–H groups in total. The topological polar surface area (TPSA) is 43.1 Å². The van der Waals surface area contributed by atoms with E-state index in [0.717, 1.165) is 43.5 Å². The minimum Gasteiger partial charge on any atom is -0.337 e. The number of carbonyl (C=O) groups excluding carboxylic acids is 1. The van der Waals surface area contributed by atoms with Crippen molar-refractivity contribution in [1.82, 2.24) is 19.0 Å². The summed E-state index contributed by atoms with van der Waals surface area (Å²) in [4.78, 5) is 21.4. The number of aryl methyl sites for hydroxylation is 2. The molecule has 29 heavy (non-hydrogen) atoms. The smallest absolute Gasteiger partial charge is 0.227 e. The fraction of sp³-hybridized carbons (Fsp3) is 0.304. The molecule has 4 rings (SSSR count). The maximum atomic E-state index is 12.1. The first kappa shape index (κ1) is 19.6. The molecule has 0 bridgehead atoms. The van der Waals surface area contributed by atoms with Crippen LogP contribution in [0.25, 0.3) is 10.9 Å². The Morgan fingerprint density at radius 1 is 1.17 bits per heavy atom. The maximum Gasteiger partial charge on any atom is 0.227 e. The Kier molecular flexibility index (Phi) is 5.92. The van der Waals surface area contributed by atoms with E-state index in [4.69, 9.17) is 0 Å². The molecule has 150 valence electrons. The number of thiophene rings is 1. The van der Waals surface area contributed by atoms with Gasteiger partial charge in [-0.05, 0) is 37.1 Å². The average molecular weight is 407 g/mol. The Morgan fingerprint density at radius 2 is 2.03 bits per heavy atom. The van der Waals surface area contributed by atoms with Crippen molar-refractivity contribution in [3.63, 3.8) is 0 Å². The van der Waals surface area contributed by atoms with Crippen LogP contribution in [0.1, 0.15) is 33.5 Å². The van der Waals surface area contributed by atoms with E-state index in [1.54, 1.807) is 11.5 Å². The van der Waals surface area contributed by atoms with Gasteiger partial charge in [0.1, 0.15) is 0 Å². The van der Waals surface area contributed by atoms with Gasteiger partial charge in [-0.15, -0.1) is 11.3 Å². The van der Waals surface area contributed by atoms with Crippen LogP contribution in [-0.4, -0.2) is 31.5 Å². The van der Waals surface area contributed by atoms with Crippen molar-refractivity contribution in [2.24, 2.45) is 0 Å². The van der Waals surface area contributed by atoms with Crippen LogP contribution in [-0.2, 0) is 19.6 Å². The van der Waals surface area contributed by atoms with E-state index in [1.165, 1.54) is 15.3 Å². The molecule has 0 unspecified atom stereocenters. The summed E-state index contributed by atoms with van der Waals surface area (Å²) in [6.45, 7) is 7.44. The molecule has 0 fully saturated rings. The van der Waals surface area contributed by atoms with Crippen LogP contribution in [0.5, 0.6) is 0 Å². The molecular weight excluding hydrogens is 380 g/mol. The zero-order valence-electron chi connectivity index (χ0n) is 16.9. The Bertz CT molecular complexity index is 1090. The van der Waals surface area contributed by atoms with Crippen LogP contribution in [0.4, 0.5) is 0 Å². The maximum absolute atomic E-state index is 12.1. The van der Waals surface area contributed by atoms with Crippen molar-refractivity contribution in [3.8, 4) is 0 Å². The van der Waals surface area contributed by atoms with E-state index in [-0.39, 0.29) is 5.91 Å². The Balaban J connectivity index is 1.55. The molecule has 0 atom stereocenters. The summed E-state index contributed by atoms with van der Waals surface area (Å²) in [6, 6.07) is 12.6. The molecule has 3 aromatic heterocycles. The number of rotatable bonds is 8. The van der Waals surface area contributed by atoms with Gasteiger partial charge in [0.15, 0.2) is 0 Å². The molecular formula is C23H26N4OS. The van der Waals surface area contributed by atoms with E-state index in [2.05, 4.69) is 39.6 Å². The standard InChI is InChI=1S/C23H26N4OS/c1-18-8-9-21(29-18)16-26(12-5-11-25-13-10-24-17-25)14-20-15-27(19(2)28)23-7-4-3-6-22(20)23/h3-4,6-10,13,15,17H,5,11-12,14,16H2,1-2H3. The van der Waals surface area contributed by atoms with Crippen LogP contribution in [0.3, 0.4) is 0 Å². The molecule has 0 amide bonds. The highest BCUT2D eigenvalue weighted by atomic mass is 32.1. The summed E-state index contributed by atoms with van der Waals surface area (Å²) < 4.78 is 3.89. The van der Waals surface area contributed by atoms with Crippen molar-refractivity contribution >= 4 is 28.1 Å². The SMILES string of the molecule is CC(=O)n1cc(CN(CCCn2ccnc2)Cc2ccc(C)s2)c2ccccc21. The first-order chi connectivity index (χ1) is 14.1. The summed E-state index contributed by atoms with van der Waals surface area (Å²) in [7, 11) is 0. The van der Waals surface area contributed by atoms with Gasteiger partial charge >= 0.3 is 0 Å². The van der Waals surface area contributed by atoms with Crippen molar-refractivity contribution in [3.05, 3.63) is 76.6 Å². The molecule has 0 aliphatic heterocycles. The predicted octanol–water partition coefficient (Wildman–Crippen LogP) is 4.96. The molecule has 3 heterocycles. The van der Waals surface area contributed by atoms with Crippen LogP contribution in [0, 0.1) is 6.92 Å². The second kappa shape index (κ2) is 8.76. The first-order valence-corrected chi connectivity index (χ1v) is 10.7. The third-order valence-electron chi connectivity index (χ3n) is 5.15. The minimum atomic E-state index is 0.0491. The second-order valence-corrected chi connectivity index (χ2v) is 8.81. The number of benzene rings is 1. The highest BCUT2D eigenvalue weighted by molar-refractivity contribution is 7.11. The summed E-state index contributed by atoms with van der Waals surface area (Å²) >= 11 is 1.86. The molecule has 0 saturated heterocycles. The molecule has 0 aliphatic rings. The lowest BCUT2D eigenvalue weighted by Gasteiger charge is -2.21. The predicted molar refractivity (Wildman–Crippen MR) is 118 cm³/mol. The quantitative estimate of drug-likeness (QED) is 0.415. The Labute approximate surface area is 175 Å². The van der Waals surface area contributed by atoms with Crippen LogP contribution < -0.4 is 0 Å². The number of hydrogen-bond donors (Lipinski definition) is 0. The van der Waals surface area contributed by atoms with Gasteiger partial charge in [-0.2, -0.15) is 0 Å². The van der Waals surface area contributed by atoms with Crippen LogP contribution in [0.2, 0.25) is 0 Å². The molecule has 1 aromatic carbocycles. The summed E-state index contributed by atoms with van der Waals surface area (Å²) in [6.07, 6.45) is 8.76. The molecule has 4 aromatic rings. The van der Waals surface area contributed by atoms with E-state index in [1.807, 2.05) is 54.5 Å². The van der Waals surface area contributed by atoms with E-state index in [0.29, 0.717) is 0 Å². The molecule has 0 saturated carbocycles. The first-order valence-electron chi connectivity index (χ1n) is 9.93. The number of aromatic nitrogens is 3. The van der Waals surface area contributed by atoms with Crippen LogP contribution in [0.15, 0.2) is 61.3 Å². The van der Waals surface area contributed by atoms with Gasteiger partial charge in [0.25, 0.3) is 0 Å². The number of hydrogen-bond acceptors (Lipinski definition) is 4. The summed E-state index contributed by atoms with van der Waals surface area (Å²) in [5, 5.41) is 1.16. The number of nitrogens with zero attached hydrogens (tertiary/aromatic N) is 4. The van der Waals surface area contributed by atoms with Gasteiger partial charge in [0, 0.05) is 66.8 Å². The van der Waals surface area contributed by atoms with Gasteiger partial charge in [-0.1, -0.05) is 18.2 Å². The van der Waals surface area contributed by atoms with Gasteiger partial charge in [-0.3, -0.25) is 14.3 Å². The van der Waals surface area contributed by atoms with Crippen molar-refractivity contribution in [1.29, 1.82) is 0 Å². The largest absolute Gasteiger partial charge is 0.337 e. The lowest BCUT2D eigenvalue weighted by Crippen LogP contribution is -2.24. The Morgan fingerprint density at radius 3 is 2.76 bits per heavy atom. The lowest BCUT2D eigenvalue weighted by molar-refractivity contribution is 0.0941. The van der Waals surface area contributed by atoms with E-state index in [9.17, 15) is 4.79 Å². The molecule has 0 spiro atoms. The molecule has 0 radical (unpaired) electrons. The zero-order chi connectivity index (χ0) is 20.2. The third kappa shape index (κ3) is 4.66. The van der Waals surface area contributed by atoms with Gasteiger partial charge in [-0.25, -0.2) is 4.98 Å². The second-order valence-electron chi connectivity index (χ2n) is 7.44. The van der Waals surface area contributed by atoms with Gasteiger partial charge < -0.3 is 4.57 Å². The van der Waals surface area contributed by atoms with Crippen molar-refractivity contribution in [2.75, 3.05) is 6.54 Å². The summed E-state index contributed by atoms with van der Waals surface area (Å²) in [5.41, 5.74) is 2.19. The average Bonchev–Trinajstić information content (AvgIpc) is 3.43. The molecule has 5 nitrogen and oxygen atoms in total. The number of para-hydroxylation sites is 1. The molecule has 6 heteroatoms. The Hall–Kier alpha value is -2.70. The van der Waals surface area contributed by atoms with Crippen molar-refractivity contribution in [2.45, 2.75) is 39.9 Å². The zero-order valence-corrected chi connectivity index (χ0v) is 17.7. The van der Waals surface area contributed by atoms with Crippen molar-refractivity contribution < 1.29 is 4.79 Å². The highest BCUT2D eigenvalue weighted by Crippen LogP contribution is 2.25. The third-order valence-corrected chi connectivity index (χ3v) is 6.14. The monoisotopic (exact) mass is 406 g/mol. The minimum absolute atomic E-state index is 0.0491. The fourth-order valence-electron chi connectivity index (χ4n) is 3.78. The lowest BCUT2D eigenvalue weighted by atomic mass is 10.1. The number of imidazole rings is 1. The highest BCUT2D eigenvalue weighted by Gasteiger charge is 2.15. The normalized spacial score (nSPS) is 11.6. The van der Waals surface area contributed by atoms with E-state index < -0.39 is 0 Å². The van der Waals surface area contributed by atoms with Crippen LogP contribution >= 0.6 is 11.3 Å².